The molecule has 4 nitrogen and oxygen atoms in total. The minimum Gasteiger partial charge on any atom is -0.630 e. The van der Waals surface area contributed by atoms with Crippen LogP contribution in [0.3, 0.4) is 0 Å². The molecule has 0 radical (unpaired) electrons. The molecular formula is C17H32NO3PS. The molecule has 0 amide bonds. The topological polar surface area (TPSA) is 53.5 Å². The van der Waals surface area contributed by atoms with Gasteiger partial charge >= 0.3 is 0 Å². The molecule has 3 aliphatic rings. The van der Waals surface area contributed by atoms with Crippen LogP contribution >= 0.6 is 19.7 Å². The molecule has 134 valence electrons. The molecule has 1 aliphatic carbocycles. The van der Waals surface area contributed by atoms with E-state index in [0.717, 1.165) is 12.8 Å². The summed E-state index contributed by atoms with van der Waals surface area (Å²) in [6.45, 7) is 12.0. The SMILES string of the molecule is CC1(C)CO[P+]([O-])([C@@H]2N[C@H](C(C)(C)C)SC23CCCCC3)OC1. The Morgan fingerprint density at radius 2 is 1.65 bits per heavy atom. The molecule has 0 bridgehead atoms. The van der Waals surface area contributed by atoms with E-state index in [-0.39, 0.29) is 21.4 Å². The fraction of sp³-hybridized carbons (Fsp3) is 1.00. The smallest absolute Gasteiger partial charge is 0.256 e. The monoisotopic (exact) mass is 361 g/mol. The maximum atomic E-state index is 13.5. The summed E-state index contributed by atoms with van der Waals surface area (Å²) in [5.41, 5.74) is 0.0703. The van der Waals surface area contributed by atoms with Gasteiger partial charge < -0.3 is 4.89 Å². The molecular weight excluding hydrogens is 329 g/mol. The zero-order valence-electron chi connectivity index (χ0n) is 15.2. The molecule has 2 atom stereocenters. The first kappa shape index (κ1) is 18.4. The molecule has 3 fully saturated rings. The van der Waals surface area contributed by atoms with Crippen molar-refractivity contribution in [2.75, 3.05) is 13.2 Å². The molecule has 0 aromatic heterocycles. The predicted octanol–water partition coefficient (Wildman–Crippen LogP) is 3.92. The summed E-state index contributed by atoms with van der Waals surface area (Å²) in [5, 5.41) is 3.97. The van der Waals surface area contributed by atoms with E-state index < -0.39 is 7.94 Å². The first-order chi connectivity index (χ1) is 10.6. The van der Waals surface area contributed by atoms with E-state index in [1.807, 2.05) is 11.8 Å². The first-order valence-electron chi connectivity index (χ1n) is 8.89. The largest absolute Gasteiger partial charge is 0.630 e. The van der Waals surface area contributed by atoms with Crippen molar-refractivity contribution in [3.63, 3.8) is 0 Å². The van der Waals surface area contributed by atoms with E-state index in [2.05, 4.69) is 39.9 Å². The number of nitrogens with one attached hydrogen (secondary N) is 1. The third kappa shape index (κ3) is 3.61. The Labute approximate surface area is 146 Å². The van der Waals surface area contributed by atoms with Crippen LogP contribution in [0.15, 0.2) is 0 Å². The van der Waals surface area contributed by atoms with E-state index in [1.54, 1.807) is 0 Å². The first-order valence-corrected chi connectivity index (χ1v) is 11.4. The molecule has 0 aromatic rings. The lowest BCUT2D eigenvalue weighted by Crippen LogP contribution is -2.52. The van der Waals surface area contributed by atoms with Crippen LogP contribution in [0.25, 0.3) is 0 Å². The average molecular weight is 361 g/mol. The Morgan fingerprint density at radius 3 is 2.17 bits per heavy atom. The molecule has 1 N–H and O–H groups in total. The molecule has 23 heavy (non-hydrogen) atoms. The van der Waals surface area contributed by atoms with Crippen LogP contribution in [0.1, 0.15) is 66.7 Å². The molecule has 0 unspecified atom stereocenters. The Balaban J connectivity index is 1.85. The van der Waals surface area contributed by atoms with Gasteiger partial charge in [0.1, 0.15) is 13.2 Å². The van der Waals surface area contributed by atoms with E-state index in [9.17, 15) is 4.89 Å². The fourth-order valence-electron chi connectivity index (χ4n) is 3.73. The van der Waals surface area contributed by atoms with Crippen molar-refractivity contribution in [1.82, 2.24) is 5.32 Å². The normalized spacial score (nSPS) is 36.3. The quantitative estimate of drug-likeness (QED) is 0.718. The Hall–Kier alpha value is 0.620. The van der Waals surface area contributed by atoms with Crippen molar-refractivity contribution in [2.45, 2.75) is 82.6 Å². The van der Waals surface area contributed by atoms with Crippen molar-refractivity contribution in [2.24, 2.45) is 10.8 Å². The van der Waals surface area contributed by atoms with Crippen LogP contribution in [0, 0.1) is 10.8 Å². The van der Waals surface area contributed by atoms with Crippen LogP contribution in [0.5, 0.6) is 0 Å². The summed E-state index contributed by atoms with van der Waals surface area (Å²) < 4.78 is 11.8. The highest BCUT2D eigenvalue weighted by Crippen LogP contribution is 2.69. The zero-order valence-corrected chi connectivity index (χ0v) is 16.9. The van der Waals surface area contributed by atoms with Gasteiger partial charge in [0.05, 0.1) is 10.1 Å². The second kappa shape index (κ2) is 6.10. The molecule has 1 spiro atoms. The summed E-state index contributed by atoms with van der Waals surface area (Å²) in [6.07, 6.45) is 5.94. The average Bonchev–Trinajstić information content (AvgIpc) is 2.83. The zero-order chi connectivity index (χ0) is 16.9. The van der Waals surface area contributed by atoms with Crippen LogP contribution < -0.4 is 10.2 Å². The molecule has 2 aliphatic heterocycles. The number of hydrogen-bond acceptors (Lipinski definition) is 5. The summed E-state index contributed by atoms with van der Waals surface area (Å²) in [6, 6.07) is 0. The molecule has 2 saturated heterocycles. The minimum atomic E-state index is -3.11. The lowest BCUT2D eigenvalue weighted by atomic mass is 9.88. The van der Waals surface area contributed by atoms with Crippen LogP contribution in [0.2, 0.25) is 0 Å². The summed E-state index contributed by atoms with van der Waals surface area (Å²) >= 11 is 2.00. The van der Waals surface area contributed by atoms with Crippen molar-refractivity contribution in [3.8, 4) is 0 Å². The number of thioether (sulfide) groups is 1. The van der Waals surface area contributed by atoms with Gasteiger partial charge in [0.25, 0.3) is 7.94 Å². The highest BCUT2D eigenvalue weighted by Gasteiger charge is 2.63. The van der Waals surface area contributed by atoms with Gasteiger partial charge in [-0.3, -0.25) is 5.32 Å². The van der Waals surface area contributed by atoms with E-state index in [4.69, 9.17) is 9.05 Å². The standard InChI is InChI=1S/C17H32NO3PS/c1-15(2,3)14-18-13(17(23-14)9-7-6-8-10-17)22(19)20-11-16(4,5)12-21-22/h13-14,18H,6-12H2,1-5H3/t13-,14-/m0/s1. The Kier molecular flexibility index (Phi) is 4.89. The maximum Gasteiger partial charge on any atom is 0.256 e. The highest BCUT2D eigenvalue weighted by molar-refractivity contribution is 8.02. The minimum absolute atomic E-state index is 0.00715. The Morgan fingerprint density at radius 1 is 1.09 bits per heavy atom. The van der Waals surface area contributed by atoms with Crippen molar-refractivity contribution >= 4 is 19.7 Å². The van der Waals surface area contributed by atoms with Gasteiger partial charge in [0.15, 0.2) is 5.78 Å². The third-order valence-corrected chi connectivity index (χ3v) is 9.85. The van der Waals surface area contributed by atoms with Gasteiger partial charge in [-0.25, -0.2) is 9.05 Å². The summed E-state index contributed by atoms with van der Waals surface area (Å²) in [7, 11) is -3.11. The lowest BCUT2D eigenvalue weighted by molar-refractivity contribution is -0.238. The summed E-state index contributed by atoms with van der Waals surface area (Å²) in [5.74, 6) is -0.166. The fourth-order valence-corrected chi connectivity index (χ4v) is 8.75. The molecule has 2 heterocycles. The van der Waals surface area contributed by atoms with Crippen LogP contribution in [0.4, 0.5) is 0 Å². The molecule has 3 rings (SSSR count). The van der Waals surface area contributed by atoms with Gasteiger partial charge in [-0.1, -0.05) is 53.9 Å². The van der Waals surface area contributed by atoms with E-state index in [0.29, 0.717) is 18.6 Å². The third-order valence-electron chi connectivity index (χ3n) is 5.23. The predicted molar refractivity (Wildman–Crippen MR) is 96.2 cm³/mol. The van der Waals surface area contributed by atoms with Gasteiger partial charge in [-0.05, 0) is 18.3 Å². The molecule has 1 saturated carbocycles. The Bertz CT molecular complexity index is 436. The van der Waals surface area contributed by atoms with Crippen molar-refractivity contribution in [1.29, 1.82) is 0 Å². The van der Waals surface area contributed by atoms with E-state index in [1.165, 1.54) is 19.3 Å². The van der Waals surface area contributed by atoms with Crippen LogP contribution in [-0.4, -0.2) is 29.1 Å². The number of rotatable bonds is 1. The second-order valence-electron chi connectivity index (χ2n) is 9.31. The lowest BCUT2D eigenvalue weighted by Gasteiger charge is -2.46. The highest BCUT2D eigenvalue weighted by atomic mass is 32.2. The number of hydrogen-bond donors (Lipinski definition) is 1. The van der Waals surface area contributed by atoms with Gasteiger partial charge in [0.2, 0.25) is 0 Å². The second-order valence-corrected chi connectivity index (χ2v) is 12.9. The van der Waals surface area contributed by atoms with Gasteiger partial charge in [0, 0.05) is 5.41 Å². The maximum absolute atomic E-state index is 13.5. The molecule has 6 heteroatoms. The van der Waals surface area contributed by atoms with Crippen molar-refractivity contribution < 1.29 is 13.9 Å². The molecule has 0 aromatic carbocycles. The van der Waals surface area contributed by atoms with Gasteiger partial charge in [-0.15, -0.1) is 11.8 Å². The van der Waals surface area contributed by atoms with E-state index >= 15 is 0 Å². The van der Waals surface area contributed by atoms with Gasteiger partial charge in [-0.2, -0.15) is 0 Å². The van der Waals surface area contributed by atoms with Crippen molar-refractivity contribution in [3.05, 3.63) is 0 Å². The van der Waals surface area contributed by atoms with Crippen LogP contribution in [-0.2, 0) is 9.05 Å². The summed E-state index contributed by atoms with van der Waals surface area (Å²) in [4.78, 5) is 13.5.